The normalized spacial score (nSPS) is 10.3. The zero-order valence-corrected chi connectivity index (χ0v) is 24.9. The molecule has 220 valence electrons. The summed E-state index contributed by atoms with van der Waals surface area (Å²) in [5.74, 6) is 0. The van der Waals surface area contributed by atoms with E-state index in [2.05, 4.69) is 27.7 Å². The summed E-state index contributed by atoms with van der Waals surface area (Å²) in [6.45, 7) is 29.2. The van der Waals surface area contributed by atoms with Crippen molar-refractivity contribution in [1.82, 2.24) is 0 Å². The zero-order valence-electron chi connectivity index (χ0n) is 24.9. The molecule has 7 nitrogen and oxygen atoms in total. The fraction of sp³-hybridized carbons (Fsp3) is 1.00. The number of hydrogen-bond donors (Lipinski definition) is 0. The molecule has 0 bridgehead atoms. The molecule has 0 N–H and O–H groups in total. The SMILES string of the molecule is C.CCCOC(C)C.CCCOCCOC(C)C.CCOCCOC(C)C.COCCOC(C)C. The Morgan fingerprint density at radius 1 is 0.429 bits per heavy atom. The van der Waals surface area contributed by atoms with Gasteiger partial charge in [-0.05, 0) is 75.2 Å². The van der Waals surface area contributed by atoms with Crippen molar-refractivity contribution in [1.29, 1.82) is 0 Å². The summed E-state index contributed by atoms with van der Waals surface area (Å²) < 4.78 is 35.9. The van der Waals surface area contributed by atoms with E-state index in [1.165, 1.54) is 0 Å². The van der Waals surface area contributed by atoms with Crippen LogP contribution in [0.15, 0.2) is 0 Å². The van der Waals surface area contributed by atoms with Crippen LogP contribution in [0.4, 0.5) is 0 Å². The van der Waals surface area contributed by atoms with Crippen LogP contribution in [0.1, 0.15) is 96.4 Å². The lowest BCUT2D eigenvalue weighted by Crippen LogP contribution is -2.09. The van der Waals surface area contributed by atoms with E-state index in [4.69, 9.17) is 33.2 Å². The van der Waals surface area contributed by atoms with Crippen molar-refractivity contribution < 1.29 is 33.2 Å². The molecular formula is C28H66O7. The molecule has 0 aliphatic rings. The minimum absolute atomic E-state index is 0. The van der Waals surface area contributed by atoms with Gasteiger partial charge in [0, 0.05) is 26.9 Å². The molecule has 0 aliphatic heterocycles. The van der Waals surface area contributed by atoms with Gasteiger partial charge in [-0.3, -0.25) is 0 Å². The molecule has 0 aliphatic carbocycles. The quantitative estimate of drug-likeness (QED) is 0.186. The van der Waals surface area contributed by atoms with Gasteiger partial charge in [-0.2, -0.15) is 0 Å². The molecule has 0 spiro atoms. The topological polar surface area (TPSA) is 64.6 Å². The first-order valence-corrected chi connectivity index (χ1v) is 13.2. The first-order chi connectivity index (χ1) is 16.1. The Hall–Kier alpha value is -0.280. The van der Waals surface area contributed by atoms with E-state index in [9.17, 15) is 0 Å². The van der Waals surface area contributed by atoms with Crippen LogP contribution >= 0.6 is 0 Å². The lowest BCUT2D eigenvalue weighted by Gasteiger charge is -2.06. The summed E-state index contributed by atoms with van der Waals surface area (Å²) in [6, 6.07) is 0. The van der Waals surface area contributed by atoms with E-state index in [0.717, 1.165) is 45.9 Å². The molecule has 0 saturated carbocycles. The van der Waals surface area contributed by atoms with E-state index in [0.29, 0.717) is 50.8 Å². The van der Waals surface area contributed by atoms with Gasteiger partial charge in [0.05, 0.1) is 64.1 Å². The molecule has 0 fully saturated rings. The smallest absolute Gasteiger partial charge is 0.0703 e. The highest BCUT2D eigenvalue weighted by Gasteiger charge is 1.92. The third-order valence-corrected chi connectivity index (χ3v) is 3.30. The van der Waals surface area contributed by atoms with Crippen LogP contribution < -0.4 is 0 Å². The molecule has 0 saturated heterocycles. The van der Waals surface area contributed by atoms with Crippen molar-refractivity contribution in [3.05, 3.63) is 0 Å². The molecule has 0 unspecified atom stereocenters. The van der Waals surface area contributed by atoms with E-state index in [1.54, 1.807) is 7.11 Å². The monoisotopic (exact) mass is 514 g/mol. The van der Waals surface area contributed by atoms with Crippen molar-refractivity contribution >= 4 is 0 Å². The molecule has 0 aromatic carbocycles. The van der Waals surface area contributed by atoms with Gasteiger partial charge in [0.15, 0.2) is 0 Å². The van der Waals surface area contributed by atoms with Gasteiger partial charge in [0.25, 0.3) is 0 Å². The molecule has 0 aromatic heterocycles. The first-order valence-electron chi connectivity index (χ1n) is 13.2. The zero-order chi connectivity index (χ0) is 27.0. The number of ether oxygens (including phenoxy) is 7. The van der Waals surface area contributed by atoms with Gasteiger partial charge in [-0.15, -0.1) is 0 Å². The van der Waals surface area contributed by atoms with E-state index >= 15 is 0 Å². The lowest BCUT2D eigenvalue weighted by atomic mass is 10.4. The summed E-state index contributed by atoms with van der Waals surface area (Å²) in [5, 5.41) is 0. The van der Waals surface area contributed by atoms with E-state index in [1.807, 2.05) is 48.5 Å². The largest absolute Gasteiger partial charge is 0.382 e. The standard InChI is InChI=1S/C8H18O2.C7H16O2.C6H14O2.C6H14O.CH4/c1-4-5-9-6-7-10-8(2)3;1-4-8-5-6-9-7(2)3;1-6(2)8-5-4-7-3;1-4-5-7-6(2)3;/h8H,4-7H2,1-3H3;7H,4-6H2,1-3H3;6H,4-5H2,1-3H3;6H,4-5H2,1-3H3;1H4. The van der Waals surface area contributed by atoms with Crippen LogP contribution in [0.3, 0.4) is 0 Å². The lowest BCUT2D eigenvalue weighted by molar-refractivity contribution is 0.0198. The second-order valence-corrected chi connectivity index (χ2v) is 8.48. The Bertz CT molecular complexity index is 312. The first kappa shape index (κ1) is 44.7. The molecule has 0 heterocycles. The molecule has 0 radical (unpaired) electrons. The number of methoxy groups -OCH3 is 1. The predicted molar refractivity (Wildman–Crippen MR) is 151 cm³/mol. The van der Waals surface area contributed by atoms with Gasteiger partial charge in [0.2, 0.25) is 0 Å². The Labute approximate surface area is 220 Å². The Morgan fingerprint density at radius 3 is 1.06 bits per heavy atom. The van der Waals surface area contributed by atoms with Gasteiger partial charge in [0.1, 0.15) is 0 Å². The maximum atomic E-state index is 5.26. The molecule has 0 aromatic rings. The average molecular weight is 515 g/mol. The summed E-state index contributed by atoms with van der Waals surface area (Å²) >= 11 is 0. The second-order valence-electron chi connectivity index (χ2n) is 8.48. The maximum absolute atomic E-state index is 5.26. The number of rotatable bonds is 18. The van der Waals surface area contributed by atoms with Crippen molar-refractivity contribution in [2.24, 2.45) is 0 Å². The fourth-order valence-electron chi connectivity index (χ4n) is 1.80. The minimum Gasteiger partial charge on any atom is -0.382 e. The summed E-state index contributed by atoms with van der Waals surface area (Å²) in [7, 11) is 1.67. The predicted octanol–water partition coefficient (Wildman–Crippen LogP) is 6.80. The Balaban J connectivity index is -0.000000114. The van der Waals surface area contributed by atoms with Gasteiger partial charge < -0.3 is 33.2 Å². The van der Waals surface area contributed by atoms with Gasteiger partial charge in [-0.25, -0.2) is 0 Å². The minimum atomic E-state index is 0. The van der Waals surface area contributed by atoms with Crippen molar-refractivity contribution in [3.63, 3.8) is 0 Å². The maximum Gasteiger partial charge on any atom is 0.0703 e. The van der Waals surface area contributed by atoms with Crippen LogP contribution in [0.2, 0.25) is 0 Å². The highest BCUT2D eigenvalue weighted by atomic mass is 16.5. The van der Waals surface area contributed by atoms with E-state index < -0.39 is 0 Å². The average Bonchev–Trinajstić information content (AvgIpc) is 2.76. The third-order valence-electron chi connectivity index (χ3n) is 3.30. The molecular weight excluding hydrogens is 448 g/mol. The van der Waals surface area contributed by atoms with Crippen LogP contribution in [0.25, 0.3) is 0 Å². The van der Waals surface area contributed by atoms with Crippen LogP contribution in [-0.2, 0) is 33.2 Å². The molecule has 35 heavy (non-hydrogen) atoms. The highest BCUT2D eigenvalue weighted by molar-refractivity contribution is 4.37. The molecule has 0 atom stereocenters. The molecule has 7 heteroatoms. The van der Waals surface area contributed by atoms with Crippen LogP contribution in [0.5, 0.6) is 0 Å². The molecule has 0 rings (SSSR count). The van der Waals surface area contributed by atoms with Crippen molar-refractivity contribution in [3.8, 4) is 0 Å². The van der Waals surface area contributed by atoms with Crippen molar-refractivity contribution in [2.75, 3.05) is 66.6 Å². The third kappa shape index (κ3) is 71.9. The fourth-order valence-corrected chi connectivity index (χ4v) is 1.80. The Morgan fingerprint density at radius 2 is 0.771 bits per heavy atom. The second kappa shape index (κ2) is 40.9. The number of hydrogen-bond acceptors (Lipinski definition) is 7. The van der Waals surface area contributed by atoms with E-state index in [-0.39, 0.29) is 7.43 Å². The summed E-state index contributed by atoms with van der Waals surface area (Å²) in [4.78, 5) is 0. The van der Waals surface area contributed by atoms with Crippen LogP contribution in [-0.4, -0.2) is 91.0 Å². The highest BCUT2D eigenvalue weighted by Crippen LogP contribution is 1.89. The van der Waals surface area contributed by atoms with Crippen molar-refractivity contribution in [2.45, 2.75) is 121 Å². The summed E-state index contributed by atoms with van der Waals surface area (Å²) in [6.07, 6.45) is 3.58. The van der Waals surface area contributed by atoms with Gasteiger partial charge in [-0.1, -0.05) is 21.3 Å². The van der Waals surface area contributed by atoms with Crippen LogP contribution in [0, 0.1) is 0 Å². The van der Waals surface area contributed by atoms with Gasteiger partial charge >= 0.3 is 0 Å². The summed E-state index contributed by atoms with van der Waals surface area (Å²) in [5.41, 5.74) is 0. The molecule has 0 amide bonds. The Kier molecular flexibility index (Phi) is 52.2.